The number of aliphatic carboxylic acids is 1. The third-order valence-electron chi connectivity index (χ3n) is 1.79. The van der Waals surface area contributed by atoms with Crippen molar-refractivity contribution in [3.05, 3.63) is 35.5 Å². The average Bonchev–Trinajstić information content (AvgIpc) is 2.60. The molecule has 2 aliphatic carbocycles. The van der Waals surface area contributed by atoms with Gasteiger partial charge in [-0.1, -0.05) is 24.3 Å². The molecule has 0 spiro atoms. The van der Waals surface area contributed by atoms with Crippen LogP contribution in [0.3, 0.4) is 0 Å². The second kappa shape index (κ2) is 1.59. The van der Waals surface area contributed by atoms with Gasteiger partial charge < -0.3 is 5.11 Å². The lowest BCUT2D eigenvalue weighted by molar-refractivity contribution is -0.132. The van der Waals surface area contributed by atoms with Crippen molar-refractivity contribution < 1.29 is 9.90 Å². The van der Waals surface area contributed by atoms with Gasteiger partial charge in [0, 0.05) is 5.92 Å². The summed E-state index contributed by atoms with van der Waals surface area (Å²) in [7, 11) is 0. The number of carbonyl (C=O) groups is 1. The molecule has 0 amide bonds. The van der Waals surface area contributed by atoms with Crippen LogP contribution in [0.5, 0.6) is 0 Å². The first-order valence-corrected chi connectivity index (χ1v) is 3.13. The van der Waals surface area contributed by atoms with Gasteiger partial charge in [-0.15, -0.1) is 0 Å². The molecule has 0 saturated heterocycles. The summed E-state index contributed by atoms with van der Waals surface area (Å²) >= 11 is 0. The van der Waals surface area contributed by atoms with Crippen molar-refractivity contribution in [2.75, 3.05) is 0 Å². The van der Waals surface area contributed by atoms with Gasteiger partial charge in [0.1, 0.15) is 0 Å². The number of fused-ring (bicyclic) bond motifs is 1. The highest BCUT2D eigenvalue weighted by molar-refractivity contribution is 5.97. The van der Waals surface area contributed by atoms with E-state index in [9.17, 15) is 4.79 Å². The molecule has 2 rings (SSSR count). The summed E-state index contributed by atoms with van der Waals surface area (Å²) in [6.45, 7) is 0. The molecule has 0 saturated carbocycles. The minimum absolute atomic E-state index is 0.127. The van der Waals surface area contributed by atoms with Gasteiger partial charge in [-0.25, -0.2) is 4.79 Å². The predicted molar refractivity (Wildman–Crippen MR) is 36.4 cm³/mol. The summed E-state index contributed by atoms with van der Waals surface area (Å²) in [6.07, 6.45) is 7.50. The minimum atomic E-state index is -0.781. The fraction of sp³-hybridized carbons (Fsp3) is 0.125. The van der Waals surface area contributed by atoms with Crippen LogP contribution in [0, 0.1) is 5.92 Å². The third kappa shape index (κ3) is 0.559. The van der Waals surface area contributed by atoms with Gasteiger partial charge in [-0.2, -0.15) is 0 Å². The minimum Gasteiger partial charge on any atom is -0.478 e. The van der Waals surface area contributed by atoms with E-state index in [1.54, 1.807) is 0 Å². The molecule has 0 aromatic carbocycles. The first-order chi connectivity index (χ1) is 4.80. The molecule has 1 atom stereocenters. The molecule has 50 valence electrons. The standard InChI is InChI=1S/C8H6O2/c9-8(10)7-5-3-1-2-4-6(5)7/h1-5H,(H,9,10). The number of rotatable bonds is 1. The molecular weight excluding hydrogens is 128 g/mol. The second-order valence-electron chi connectivity index (χ2n) is 2.40. The average molecular weight is 134 g/mol. The van der Waals surface area contributed by atoms with E-state index >= 15 is 0 Å². The van der Waals surface area contributed by atoms with E-state index in [4.69, 9.17) is 5.11 Å². The molecule has 0 radical (unpaired) electrons. The Bertz CT molecular complexity index is 282. The first kappa shape index (κ1) is 5.47. The van der Waals surface area contributed by atoms with Crippen LogP contribution >= 0.6 is 0 Å². The maximum atomic E-state index is 10.4. The Morgan fingerprint density at radius 2 is 2.30 bits per heavy atom. The van der Waals surface area contributed by atoms with E-state index in [1.165, 1.54) is 0 Å². The Morgan fingerprint density at radius 3 is 2.80 bits per heavy atom. The molecule has 1 N–H and O–H groups in total. The molecule has 0 aliphatic heterocycles. The number of hydrogen-bond donors (Lipinski definition) is 1. The highest BCUT2D eigenvalue weighted by Crippen LogP contribution is 2.43. The van der Waals surface area contributed by atoms with Crippen LogP contribution in [0.4, 0.5) is 0 Å². The maximum absolute atomic E-state index is 10.4. The number of carboxylic acids is 1. The summed E-state index contributed by atoms with van der Waals surface area (Å²) in [5.41, 5.74) is 1.53. The van der Waals surface area contributed by atoms with Crippen LogP contribution < -0.4 is 0 Å². The van der Waals surface area contributed by atoms with Crippen molar-refractivity contribution in [2.45, 2.75) is 0 Å². The fourth-order valence-corrected chi connectivity index (χ4v) is 1.24. The summed E-state index contributed by atoms with van der Waals surface area (Å²) in [5, 5.41) is 8.56. The highest BCUT2D eigenvalue weighted by Gasteiger charge is 2.38. The zero-order valence-corrected chi connectivity index (χ0v) is 5.24. The van der Waals surface area contributed by atoms with Crippen LogP contribution in [0.25, 0.3) is 0 Å². The largest absolute Gasteiger partial charge is 0.478 e. The maximum Gasteiger partial charge on any atom is 0.332 e. The first-order valence-electron chi connectivity index (χ1n) is 3.13. The molecular formula is C8H6O2. The summed E-state index contributed by atoms with van der Waals surface area (Å²) in [5.74, 6) is -0.654. The lowest BCUT2D eigenvalue weighted by Gasteiger charge is -1.89. The van der Waals surface area contributed by atoms with E-state index < -0.39 is 5.97 Å². The Kier molecular flexibility index (Phi) is 0.873. The van der Waals surface area contributed by atoms with Crippen LogP contribution in [0.15, 0.2) is 35.5 Å². The molecule has 1 unspecified atom stereocenters. The van der Waals surface area contributed by atoms with Crippen LogP contribution in [-0.4, -0.2) is 11.1 Å². The van der Waals surface area contributed by atoms with Crippen molar-refractivity contribution >= 4 is 5.97 Å². The smallest absolute Gasteiger partial charge is 0.332 e. The zero-order valence-electron chi connectivity index (χ0n) is 5.24. The van der Waals surface area contributed by atoms with E-state index in [1.807, 2.05) is 24.3 Å². The van der Waals surface area contributed by atoms with Crippen molar-refractivity contribution in [3.63, 3.8) is 0 Å². The normalized spacial score (nSPS) is 26.6. The summed E-state index contributed by atoms with van der Waals surface area (Å²) in [6, 6.07) is 0. The lowest BCUT2D eigenvalue weighted by atomic mass is 10.2. The van der Waals surface area contributed by atoms with E-state index in [0.29, 0.717) is 5.57 Å². The molecule has 0 bridgehead atoms. The quantitative estimate of drug-likeness (QED) is 0.583. The molecule has 10 heavy (non-hydrogen) atoms. The monoisotopic (exact) mass is 134 g/mol. The van der Waals surface area contributed by atoms with Crippen molar-refractivity contribution in [3.8, 4) is 0 Å². The lowest BCUT2D eigenvalue weighted by Crippen LogP contribution is -1.92. The SMILES string of the molecule is O=C(O)C1=C2C=CC=CC21. The van der Waals surface area contributed by atoms with Crippen molar-refractivity contribution in [1.82, 2.24) is 0 Å². The fourth-order valence-electron chi connectivity index (χ4n) is 1.24. The predicted octanol–water partition coefficient (Wildman–Crippen LogP) is 1.12. The number of carboxylic acid groups (broad SMARTS) is 1. The Balaban J connectivity index is 2.31. The molecule has 0 aromatic heterocycles. The summed E-state index contributed by atoms with van der Waals surface area (Å²) in [4.78, 5) is 10.4. The van der Waals surface area contributed by atoms with Crippen LogP contribution in [0.2, 0.25) is 0 Å². The van der Waals surface area contributed by atoms with Crippen LogP contribution in [-0.2, 0) is 4.79 Å². The van der Waals surface area contributed by atoms with Gasteiger partial charge in [-0.3, -0.25) is 0 Å². The van der Waals surface area contributed by atoms with E-state index in [-0.39, 0.29) is 5.92 Å². The van der Waals surface area contributed by atoms with Crippen LogP contribution in [0.1, 0.15) is 0 Å². The van der Waals surface area contributed by atoms with Gasteiger partial charge in [0.05, 0.1) is 5.57 Å². The molecule has 0 heterocycles. The Labute approximate surface area is 58.2 Å². The molecule has 0 fully saturated rings. The summed E-state index contributed by atoms with van der Waals surface area (Å²) < 4.78 is 0. The third-order valence-corrected chi connectivity index (χ3v) is 1.79. The van der Waals surface area contributed by atoms with Gasteiger partial charge in [0.2, 0.25) is 0 Å². The van der Waals surface area contributed by atoms with Crippen molar-refractivity contribution in [2.24, 2.45) is 5.92 Å². The zero-order chi connectivity index (χ0) is 7.14. The van der Waals surface area contributed by atoms with Crippen molar-refractivity contribution in [1.29, 1.82) is 0 Å². The molecule has 2 heteroatoms. The van der Waals surface area contributed by atoms with Gasteiger partial charge in [0.15, 0.2) is 0 Å². The second-order valence-corrected chi connectivity index (χ2v) is 2.40. The number of allylic oxidation sites excluding steroid dienone is 5. The van der Waals surface area contributed by atoms with Gasteiger partial charge >= 0.3 is 5.97 Å². The molecule has 2 nitrogen and oxygen atoms in total. The highest BCUT2D eigenvalue weighted by atomic mass is 16.4. The Hall–Kier alpha value is -1.31. The Morgan fingerprint density at radius 1 is 1.50 bits per heavy atom. The molecule has 2 aliphatic rings. The van der Waals surface area contributed by atoms with Gasteiger partial charge in [0.25, 0.3) is 0 Å². The molecule has 0 aromatic rings. The topological polar surface area (TPSA) is 37.3 Å². The van der Waals surface area contributed by atoms with E-state index in [2.05, 4.69) is 0 Å². The van der Waals surface area contributed by atoms with E-state index in [0.717, 1.165) is 5.57 Å². The van der Waals surface area contributed by atoms with Gasteiger partial charge in [-0.05, 0) is 5.57 Å². The number of hydrogen-bond acceptors (Lipinski definition) is 1.